The van der Waals surface area contributed by atoms with E-state index in [1.165, 1.54) is 24.4 Å². The lowest BCUT2D eigenvalue weighted by Crippen LogP contribution is -2.26. The summed E-state index contributed by atoms with van der Waals surface area (Å²) < 4.78 is 0. The first-order chi connectivity index (χ1) is 6.77. The Morgan fingerprint density at radius 3 is 3.14 bits per heavy atom. The van der Waals surface area contributed by atoms with Crippen LogP contribution in [-0.4, -0.2) is 41.1 Å². The highest BCUT2D eigenvalue weighted by Crippen LogP contribution is 2.17. The Morgan fingerprint density at radius 2 is 2.36 bits per heavy atom. The molecular weight excluding hydrogens is 200 g/mol. The molecule has 0 bridgehead atoms. The molecular formula is C8H8N4OS. The molecule has 0 N–H and O–H groups in total. The fourth-order valence-corrected chi connectivity index (χ4v) is 1.88. The first-order valence-electron chi connectivity index (χ1n) is 4.09. The fourth-order valence-electron chi connectivity index (χ4n) is 1.08. The maximum Gasteiger partial charge on any atom is 0.163 e. The Morgan fingerprint density at radius 1 is 1.50 bits per heavy atom. The summed E-state index contributed by atoms with van der Waals surface area (Å²) in [6.45, 7) is 1.55. The topological polar surface area (TPSA) is 66.5 Å². The van der Waals surface area contributed by atoms with E-state index in [1.54, 1.807) is 6.92 Å². The van der Waals surface area contributed by atoms with Crippen LogP contribution in [0.4, 0.5) is 0 Å². The largest absolute Gasteiger partial charge is 0.299 e. The van der Waals surface area contributed by atoms with Crippen LogP contribution in [-0.2, 0) is 4.79 Å². The summed E-state index contributed by atoms with van der Waals surface area (Å²) in [6, 6.07) is -0.177. The van der Waals surface area contributed by atoms with Crippen molar-refractivity contribution in [3.05, 3.63) is 0 Å². The van der Waals surface area contributed by atoms with Crippen LogP contribution < -0.4 is 0 Å². The molecule has 0 fully saturated rings. The van der Waals surface area contributed by atoms with E-state index in [-0.39, 0.29) is 11.8 Å². The highest BCUT2D eigenvalue weighted by atomic mass is 32.2. The third-order valence-electron chi connectivity index (χ3n) is 1.68. The number of carbonyl (C=O) groups excluding carboxylic acids is 1. The van der Waals surface area contributed by atoms with Crippen LogP contribution >= 0.6 is 11.8 Å². The zero-order chi connectivity index (χ0) is 9.97. The van der Waals surface area contributed by atoms with Crippen molar-refractivity contribution < 1.29 is 4.79 Å². The smallest absolute Gasteiger partial charge is 0.163 e. The van der Waals surface area contributed by atoms with Crippen molar-refractivity contribution in [3.8, 4) is 0 Å². The van der Waals surface area contributed by atoms with E-state index in [0.29, 0.717) is 11.6 Å². The number of hydrogen-bond acceptors (Lipinski definition) is 6. The maximum absolute atomic E-state index is 10.8. The standard InChI is InChI=1S/C8H8N4OS/c1-5(13)2-14-8-6-7(10-3-9-6)11-4-12-8/h3-4,6H,2H2,1H3. The van der Waals surface area contributed by atoms with Crippen LogP contribution in [0.3, 0.4) is 0 Å². The molecule has 2 aliphatic rings. The van der Waals surface area contributed by atoms with Gasteiger partial charge in [-0.15, -0.1) is 11.8 Å². The monoisotopic (exact) mass is 208 g/mol. The first kappa shape index (κ1) is 9.26. The van der Waals surface area contributed by atoms with Gasteiger partial charge in [0.05, 0.1) is 5.75 Å². The van der Waals surface area contributed by atoms with E-state index in [0.717, 1.165) is 5.04 Å². The van der Waals surface area contributed by atoms with Gasteiger partial charge in [0, 0.05) is 0 Å². The van der Waals surface area contributed by atoms with Gasteiger partial charge in [0.25, 0.3) is 0 Å². The Balaban J connectivity index is 2.08. The SMILES string of the molecule is CC(=O)CSC1=NC=NC2=NC=NC21. The molecule has 0 amide bonds. The summed E-state index contributed by atoms with van der Waals surface area (Å²) in [5.41, 5.74) is 0. The lowest BCUT2D eigenvalue weighted by atomic mass is 10.3. The number of carbonyl (C=O) groups is 1. The van der Waals surface area contributed by atoms with Crippen LogP contribution in [0.25, 0.3) is 0 Å². The Labute approximate surface area is 85.1 Å². The second-order valence-corrected chi connectivity index (χ2v) is 3.85. The van der Waals surface area contributed by atoms with Crippen molar-refractivity contribution in [1.29, 1.82) is 0 Å². The van der Waals surface area contributed by atoms with E-state index in [1.807, 2.05) is 0 Å². The maximum atomic E-state index is 10.8. The van der Waals surface area contributed by atoms with Crippen molar-refractivity contribution in [1.82, 2.24) is 0 Å². The minimum Gasteiger partial charge on any atom is -0.299 e. The number of Topliss-reactive ketones (excluding diaryl/α,β-unsaturated/α-hetero) is 1. The summed E-state index contributed by atoms with van der Waals surface area (Å²) in [7, 11) is 0. The predicted octanol–water partition coefficient (Wildman–Crippen LogP) is 0.558. The summed E-state index contributed by atoms with van der Waals surface area (Å²) in [5.74, 6) is 1.21. The van der Waals surface area contributed by atoms with Crippen LogP contribution in [0.15, 0.2) is 20.0 Å². The van der Waals surface area contributed by atoms with Gasteiger partial charge in [0.1, 0.15) is 23.5 Å². The average Bonchev–Trinajstić information content (AvgIpc) is 2.62. The minimum absolute atomic E-state index is 0.126. The molecule has 1 unspecified atom stereocenters. The third-order valence-corrected chi connectivity index (χ3v) is 2.86. The minimum atomic E-state index is -0.177. The van der Waals surface area contributed by atoms with E-state index < -0.39 is 0 Å². The van der Waals surface area contributed by atoms with Crippen LogP contribution in [0.5, 0.6) is 0 Å². The molecule has 14 heavy (non-hydrogen) atoms. The second kappa shape index (κ2) is 3.83. The quantitative estimate of drug-likeness (QED) is 0.665. The summed E-state index contributed by atoms with van der Waals surface area (Å²) >= 11 is 1.40. The number of ketones is 1. The molecule has 0 aliphatic carbocycles. The van der Waals surface area contributed by atoms with E-state index in [4.69, 9.17) is 0 Å². The van der Waals surface area contributed by atoms with Gasteiger partial charge in [-0.05, 0) is 6.92 Å². The highest BCUT2D eigenvalue weighted by molar-refractivity contribution is 8.14. The van der Waals surface area contributed by atoms with Gasteiger partial charge >= 0.3 is 0 Å². The van der Waals surface area contributed by atoms with Gasteiger partial charge in [-0.2, -0.15) is 0 Å². The number of amidine groups is 1. The molecule has 6 heteroatoms. The number of nitrogens with zero attached hydrogens (tertiary/aromatic N) is 4. The average molecular weight is 208 g/mol. The van der Waals surface area contributed by atoms with E-state index >= 15 is 0 Å². The zero-order valence-electron chi connectivity index (χ0n) is 7.54. The molecule has 0 aromatic heterocycles. The molecule has 1 atom stereocenters. The number of aliphatic imine (C=N–C) groups is 4. The van der Waals surface area contributed by atoms with Crippen molar-refractivity contribution in [2.75, 3.05) is 5.75 Å². The van der Waals surface area contributed by atoms with Crippen LogP contribution in [0.1, 0.15) is 6.92 Å². The van der Waals surface area contributed by atoms with Gasteiger partial charge < -0.3 is 0 Å². The summed E-state index contributed by atoms with van der Waals surface area (Å²) in [6.07, 6.45) is 2.93. The third kappa shape index (κ3) is 1.79. The normalized spacial score (nSPS) is 23.1. The highest BCUT2D eigenvalue weighted by Gasteiger charge is 2.26. The van der Waals surface area contributed by atoms with Gasteiger partial charge in [-0.1, -0.05) is 0 Å². The first-order valence-corrected chi connectivity index (χ1v) is 5.08. The van der Waals surface area contributed by atoms with E-state index in [2.05, 4.69) is 20.0 Å². The van der Waals surface area contributed by atoms with Crippen LogP contribution in [0.2, 0.25) is 0 Å². The number of thioether (sulfide) groups is 1. The number of rotatable bonds is 2. The zero-order valence-corrected chi connectivity index (χ0v) is 8.36. The Hall–Kier alpha value is -1.30. The molecule has 0 saturated carbocycles. The molecule has 5 nitrogen and oxygen atoms in total. The molecule has 0 aromatic carbocycles. The van der Waals surface area contributed by atoms with E-state index in [9.17, 15) is 4.79 Å². The van der Waals surface area contributed by atoms with Gasteiger partial charge in [-0.3, -0.25) is 9.79 Å². The van der Waals surface area contributed by atoms with Crippen molar-refractivity contribution >= 4 is 41.1 Å². The molecule has 0 aromatic rings. The summed E-state index contributed by atoms with van der Waals surface area (Å²) in [5, 5.41) is 0.794. The molecule has 2 rings (SSSR count). The van der Waals surface area contributed by atoms with Crippen LogP contribution in [0, 0.1) is 0 Å². The number of fused-ring (bicyclic) bond motifs is 1. The molecule has 2 heterocycles. The van der Waals surface area contributed by atoms with Crippen molar-refractivity contribution in [2.45, 2.75) is 13.0 Å². The fraction of sp³-hybridized carbons (Fsp3) is 0.375. The predicted molar refractivity (Wildman–Crippen MR) is 58.8 cm³/mol. The number of hydrogen-bond donors (Lipinski definition) is 0. The van der Waals surface area contributed by atoms with Crippen molar-refractivity contribution in [2.24, 2.45) is 20.0 Å². The van der Waals surface area contributed by atoms with Gasteiger partial charge in [0.2, 0.25) is 0 Å². The van der Waals surface area contributed by atoms with Crippen molar-refractivity contribution in [3.63, 3.8) is 0 Å². The molecule has 72 valence electrons. The summed E-state index contributed by atoms with van der Waals surface area (Å²) in [4.78, 5) is 27.0. The molecule has 0 saturated heterocycles. The lowest BCUT2D eigenvalue weighted by molar-refractivity contribution is -0.114. The molecule has 2 aliphatic heterocycles. The van der Waals surface area contributed by atoms with Gasteiger partial charge in [0.15, 0.2) is 11.9 Å². The molecule has 0 radical (unpaired) electrons. The Bertz CT molecular complexity index is 383. The lowest BCUT2D eigenvalue weighted by Gasteiger charge is -2.12. The molecule has 0 spiro atoms. The second-order valence-electron chi connectivity index (χ2n) is 2.86. The van der Waals surface area contributed by atoms with Gasteiger partial charge in [-0.25, -0.2) is 15.0 Å². The Kier molecular flexibility index (Phi) is 2.53.